The van der Waals surface area contributed by atoms with Crippen LogP contribution in [-0.2, 0) is 6.42 Å². The molecule has 2 nitrogen and oxygen atoms in total. The number of hydrogen-bond acceptors (Lipinski definition) is 2. The lowest BCUT2D eigenvalue weighted by Gasteiger charge is -2.16. The van der Waals surface area contributed by atoms with Gasteiger partial charge in [-0.1, -0.05) is 36.8 Å². The first-order chi connectivity index (χ1) is 9.45. The first kappa shape index (κ1) is 14.4. The van der Waals surface area contributed by atoms with Crippen LogP contribution in [0.5, 0.6) is 0 Å². The van der Waals surface area contributed by atoms with Crippen LogP contribution in [0, 0.1) is 20.8 Å². The van der Waals surface area contributed by atoms with E-state index in [4.69, 9.17) is 4.98 Å². The first-order valence-electron chi connectivity index (χ1n) is 7.03. The van der Waals surface area contributed by atoms with Gasteiger partial charge in [0.2, 0.25) is 0 Å². The fourth-order valence-electron chi connectivity index (χ4n) is 2.79. The van der Waals surface area contributed by atoms with Crippen LogP contribution in [0.4, 0.5) is 0 Å². The van der Waals surface area contributed by atoms with Crippen LogP contribution in [0.3, 0.4) is 0 Å². The maximum absolute atomic E-state index is 11.8. The summed E-state index contributed by atoms with van der Waals surface area (Å²) >= 11 is 0. The Morgan fingerprint density at radius 2 is 1.70 bits per heavy atom. The predicted octanol–water partition coefficient (Wildman–Crippen LogP) is 4.44. The molecule has 0 spiro atoms. The molecule has 0 amide bonds. The summed E-state index contributed by atoms with van der Waals surface area (Å²) in [6.45, 7) is 9.75. The van der Waals surface area contributed by atoms with E-state index in [0.717, 1.165) is 34.5 Å². The van der Waals surface area contributed by atoms with E-state index >= 15 is 0 Å². The van der Waals surface area contributed by atoms with Crippen molar-refractivity contribution in [2.24, 2.45) is 0 Å². The van der Waals surface area contributed by atoms with Crippen molar-refractivity contribution in [2.75, 3.05) is 0 Å². The van der Waals surface area contributed by atoms with Crippen molar-refractivity contribution in [1.29, 1.82) is 0 Å². The fraction of sp³-hybridized carbons (Fsp3) is 0.333. The van der Waals surface area contributed by atoms with Gasteiger partial charge in [0, 0.05) is 16.8 Å². The van der Waals surface area contributed by atoms with E-state index in [1.54, 1.807) is 6.92 Å². The van der Waals surface area contributed by atoms with Crippen LogP contribution in [0.1, 0.15) is 46.6 Å². The van der Waals surface area contributed by atoms with Crippen LogP contribution < -0.4 is 0 Å². The molecule has 0 N–H and O–H groups in total. The summed E-state index contributed by atoms with van der Waals surface area (Å²) < 4.78 is 0. The minimum absolute atomic E-state index is 0.0951. The largest absolute Gasteiger partial charge is 0.294 e. The molecule has 1 aromatic heterocycles. The van der Waals surface area contributed by atoms with Crippen LogP contribution in [0.2, 0.25) is 0 Å². The Labute approximate surface area is 120 Å². The molecule has 104 valence electrons. The molecule has 0 aliphatic carbocycles. The van der Waals surface area contributed by atoms with E-state index < -0.39 is 0 Å². The number of rotatable bonds is 3. The highest BCUT2D eigenvalue weighted by Gasteiger charge is 2.17. The topological polar surface area (TPSA) is 30.0 Å². The molecule has 2 aromatic rings. The zero-order chi connectivity index (χ0) is 14.9. The molecule has 0 fully saturated rings. The minimum atomic E-state index is 0.0951. The van der Waals surface area contributed by atoms with Gasteiger partial charge in [-0.3, -0.25) is 9.78 Å². The summed E-state index contributed by atoms with van der Waals surface area (Å²) in [5, 5.41) is 0. The van der Waals surface area contributed by atoms with Gasteiger partial charge in [0.15, 0.2) is 5.78 Å². The lowest BCUT2D eigenvalue weighted by atomic mass is 9.93. The molecule has 20 heavy (non-hydrogen) atoms. The number of ketones is 1. The van der Waals surface area contributed by atoms with Crippen molar-refractivity contribution in [3.8, 4) is 11.3 Å². The Morgan fingerprint density at radius 1 is 1.10 bits per heavy atom. The van der Waals surface area contributed by atoms with Gasteiger partial charge in [-0.05, 0) is 45.2 Å². The van der Waals surface area contributed by atoms with Crippen LogP contribution in [0.15, 0.2) is 24.3 Å². The lowest BCUT2D eigenvalue weighted by molar-refractivity contribution is 0.101. The number of hydrogen-bond donors (Lipinski definition) is 0. The van der Waals surface area contributed by atoms with Crippen LogP contribution >= 0.6 is 0 Å². The molecule has 0 saturated carbocycles. The van der Waals surface area contributed by atoms with Crippen LogP contribution in [0.25, 0.3) is 11.3 Å². The fourth-order valence-corrected chi connectivity index (χ4v) is 2.79. The number of carbonyl (C=O) groups excluding carboxylic acids is 1. The summed E-state index contributed by atoms with van der Waals surface area (Å²) in [6.07, 6.45) is 0.878. The average molecular weight is 267 g/mol. The van der Waals surface area contributed by atoms with Gasteiger partial charge in [-0.2, -0.15) is 0 Å². The zero-order valence-electron chi connectivity index (χ0n) is 12.9. The number of nitrogens with zero attached hydrogens (tertiary/aromatic N) is 1. The van der Waals surface area contributed by atoms with Gasteiger partial charge in [-0.15, -0.1) is 0 Å². The summed E-state index contributed by atoms with van der Waals surface area (Å²) in [4.78, 5) is 16.5. The van der Waals surface area contributed by atoms with E-state index in [1.807, 2.05) is 13.8 Å². The highest BCUT2D eigenvalue weighted by Crippen LogP contribution is 2.28. The highest BCUT2D eigenvalue weighted by molar-refractivity contribution is 5.97. The maximum atomic E-state index is 11.8. The second-order valence-corrected chi connectivity index (χ2v) is 5.30. The molecule has 0 aliphatic heterocycles. The van der Waals surface area contributed by atoms with Gasteiger partial charge >= 0.3 is 0 Å². The highest BCUT2D eigenvalue weighted by atomic mass is 16.1. The third kappa shape index (κ3) is 2.51. The SMILES string of the molecule is CCc1c(-c2ccc(C)cc2)nc(C)c(C(C)=O)c1C. The molecule has 0 radical (unpaired) electrons. The van der Waals surface area contributed by atoms with Gasteiger partial charge < -0.3 is 0 Å². The summed E-state index contributed by atoms with van der Waals surface area (Å²) in [5.74, 6) is 0.0951. The molecule has 2 heteroatoms. The summed E-state index contributed by atoms with van der Waals surface area (Å²) in [6, 6.07) is 8.40. The molecule has 0 saturated heterocycles. The number of aryl methyl sites for hydroxylation is 2. The molecular weight excluding hydrogens is 246 g/mol. The second kappa shape index (κ2) is 5.58. The maximum Gasteiger partial charge on any atom is 0.161 e. The first-order valence-corrected chi connectivity index (χ1v) is 7.03. The molecule has 1 aromatic carbocycles. The molecule has 0 bridgehead atoms. The van der Waals surface area contributed by atoms with E-state index in [9.17, 15) is 4.79 Å². The third-order valence-corrected chi connectivity index (χ3v) is 3.79. The average Bonchev–Trinajstić information content (AvgIpc) is 2.38. The Hall–Kier alpha value is -1.96. The Kier molecular flexibility index (Phi) is 4.03. The zero-order valence-corrected chi connectivity index (χ0v) is 12.9. The molecule has 2 rings (SSSR count). The smallest absolute Gasteiger partial charge is 0.161 e. The van der Waals surface area contributed by atoms with Crippen molar-refractivity contribution in [3.63, 3.8) is 0 Å². The summed E-state index contributed by atoms with van der Waals surface area (Å²) in [7, 11) is 0. The Morgan fingerprint density at radius 3 is 2.20 bits per heavy atom. The number of pyridine rings is 1. The monoisotopic (exact) mass is 267 g/mol. The number of benzene rings is 1. The number of aromatic nitrogens is 1. The number of Topliss-reactive ketones (excluding diaryl/α,β-unsaturated/α-hetero) is 1. The third-order valence-electron chi connectivity index (χ3n) is 3.79. The van der Waals surface area contributed by atoms with Gasteiger partial charge in [0.25, 0.3) is 0 Å². The number of carbonyl (C=O) groups is 1. The van der Waals surface area contributed by atoms with Gasteiger partial charge in [0.1, 0.15) is 0 Å². The van der Waals surface area contributed by atoms with Gasteiger partial charge in [-0.25, -0.2) is 0 Å². The quantitative estimate of drug-likeness (QED) is 0.770. The molecule has 0 aliphatic rings. The normalized spacial score (nSPS) is 10.7. The van der Waals surface area contributed by atoms with E-state index in [1.165, 1.54) is 11.1 Å². The van der Waals surface area contributed by atoms with Gasteiger partial charge in [0.05, 0.1) is 5.69 Å². The molecular formula is C18H21NO. The van der Waals surface area contributed by atoms with E-state index in [0.29, 0.717) is 0 Å². The van der Waals surface area contributed by atoms with Crippen molar-refractivity contribution in [1.82, 2.24) is 4.98 Å². The Balaban J connectivity index is 2.71. The standard InChI is InChI=1S/C18H21NO/c1-6-16-12(3)17(14(5)20)13(4)19-18(16)15-9-7-11(2)8-10-15/h7-10H,6H2,1-5H3. The van der Waals surface area contributed by atoms with Crippen molar-refractivity contribution >= 4 is 5.78 Å². The van der Waals surface area contributed by atoms with Crippen molar-refractivity contribution in [3.05, 3.63) is 52.2 Å². The van der Waals surface area contributed by atoms with Crippen molar-refractivity contribution in [2.45, 2.75) is 41.0 Å². The summed E-state index contributed by atoms with van der Waals surface area (Å²) in [5.41, 5.74) is 7.20. The molecule has 1 heterocycles. The molecule has 0 unspecified atom stereocenters. The minimum Gasteiger partial charge on any atom is -0.294 e. The lowest BCUT2D eigenvalue weighted by Crippen LogP contribution is -2.08. The molecule has 0 atom stereocenters. The second-order valence-electron chi connectivity index (χ2n) is 5.30. The Bertz CT molecular complexity index is 654. The van der Waals surface area contributed by atoms with Crippen LogP contribution in [-0.4, -0.2) is 10.8 Å². The van der Waals surface area contributed by atoms with Crippen molar-refractivity contribution < 1.29 is 4.79 Å². The van der Waals surface area contributed by atoms with E-state index in [-0.39, 0.29) is 5.78 Å². The van der Waals surface area contributed by atoms with E-state index in [2.05, 4.69) is 38.1 Å². The predicted molar refractivity (Wildman–Crippen MR) is 83.3 cm³/mol.